The van der Waals surface area contributed by atoms with Gasteiger partial charge >= 0.3 is 0 Å². The van der Waals surface area contributed by atoms with Crippen molar-refractivity contribution in [3.8, 4) is 5.75 Å². The van der Waals surface area contributed by atoms with E-state index in [9.17, 15) is 13.2 Å². The van der Waals surface area contributed by atoms with Crippen molar-refractivity contribution < 1.29 is 17.9 Å². The number of benzene rings is 2. The maximum atomic E-state index is 12.8. The van der Waals surface area contributed by atoms with Crippen LogP contribution in [0.5, 0.6) is 5.75 Å². The van der Waals surface area contributed by atoms with Crippen molar-refractivity contribution >= 4 is 27.7 Å². The highest BCUT2D eigenvalue weighted by molar-refractivity contribution is 7.92. The Morgan fingerprint density at radius 2 is 1.65 bits per heavy atom. The average molecular weight is 351 g/mol. The molecule has 0 N–H and O–H groups in total. The van der Waals surface area contributed by atoms with E-state index >= 15 is 0 Å². The van der Waals surface area contributed by atoms with Crippen LogP contribution in [0.4, 0.5) is 0 Å². The standard InChI is InChI=1S/C17H15ClO4S/c1-22-13-6-2-11(3-7-13)16-15(10-19)17(16)23(20,21)14-8-4-12(18)5-9-14/h2-10,15-17H,1H3/t15-,16-,17+/m1/s1. The Bertz CT molecular complexity index is 813. The van der Waals surface area contributed by atoms with Crippen molar-refractivity contribution in [3.63, 3.8) is 0 Å². The first-order valence-corrected chi connectivity index (χ1v) is 9.00. The number of rotatable bonds is 5. The Balaban J connectivity index is 1.92. The van der Waals surface area contributed by atoms with Crippen LogP contribution in [0.2, 0.25) is 5.02 Å². The Morgan fingerprint density at radius 3 is 2.17 bits per heavy atom. The molecular weight excluding hydrogens is 336 g/mol. The maximum absolute atomic E-state index is 12.8. The molecule has 6 heteroatoms. The molecule has 1 aliphatic rings. The van der Waals surface area contributed by atoms with Gasteiger partial charge in [-0.15, -0.1) is 0 Å². The van der Waals surface area contributed by atoms with Crippen LogP contribution in [0, 0.1) is 5.92 Å². The van der Waals surface area contributed by atoms with Crippen molar-refractivity contribution in [1.29, 1.82) is 0 Å². The lowest BCUT2D eigenvalue weighted by Gasteiger charge is -2.05. The highest BCUT2D eigenvalue weighted by atomic mass is 35.5. The molecule has 4 nitrogen and oxygen atoms in total. The highest BCUT2D eigenvalue weighted by Crippen LogP contribution is 2.53. The number of carbonyl (C=O) groups excluding carboxylic acids is 1. The van der Waals surface area contributed by atoms with Gasteiger partial charge in [0.1, 0.15) is 12.0 Å². The zero-order chi connectivity index (χ0) is 16.6. The van der Waals surface area contributed by atoms with Gasteiger partial charge in [-0.25, -0.2) is 8.42 Å². The number of halogens is 1. The van der Waals surface area contributed by atoms with Crippen molar-refractivity contribution in [1.82, 2.24) is 0 Å². The molecule has 0 heterocycles. The Hall–Kier alpha value is -1.85. The van der Waals surface area contributed by atoms with Crippen LogP contribution < -0.4 is 4.74 Å². The van der Waals surface area contributed by atoms with Gasteiger partial charge < -0.3 is 9.53 Å². The molecule has 0 saturated heterocycles. The van der Waals surface area contributed by atoms with E-state index in [0.717, 1.165) is 11.8 Å². The molecule has 0 unspecified atom stereocenters. The minimum atomic E-state index is -3.58. The van der Waals surface area contributed by atoms with Crippen molar-refractivity contribution in [2.24, 2.45) is 5.92 Å². The lowest BCUT2D eigenvalue weighted by atomic mass is 10.1. The first-order chi connectivity index (χ1) is 11.0. The second kappa shape index (κ2) is 5.98. The number of sulfone groups is 1. The van der Waals surface area contributed by atoms with Gasteiger partial charge in [0, 0.05) is 16.9 Å². The normalized spacial score (nSPS) is 23.3. The summed E-state index contributed by atoms with van der Waals surface area (Å²) in [4.78, 5) is 11.5. The van der Waals surface area contributed by atoms with Gasteiger partial charge in [0.05, 0.1) is 17.3 Å². The molecule has 1 fully saturated rings. The summed E-state index contributed by atoms with van der Waals surface area (Å²) in [5, 5.41) is -0.257. The Morgan fingerprint density at radius 1 is 1.04 bits per heavy atom. The summed E-state index contributed by atoms with van der Waals surface area (Å²) in [5.41, 5.74) is 0.824. The first kappa shape index (κ1) is 16.0. The lowest BCUT2D eigenvalue weighted by molar-refractivity contribution is -0.108. The first-order valence-electron chi connectivity index (χ1n) is 7.07. The summed E-state index contributed by atoms with van der Waals surface area (Å²) in [5.74, 6) is -0.155. The fraction of sp³-hybridized carbons (Fsp3) is 0.235. The monoisotopic (exact) mass is 350 g/mol. The molecule has 0 aromatic heterocycles. The molecule has 1 aliphatic carbocycles. The molecule has 0 spiro atoms. The predicted molar refractivity (Wildman–Crippen MR) is 87.7 cm³/mol. The fourth-order valence-corrected chi connectivity index (χ4v) is 5.12. The summed E-state index contributed by atoms with van der Waals surface area (Å²) < 4.78 is 30.6. The van der Waals surface area contributed by atoms with Gasteiger partial charge in [-0.05, 0) is 42.0 Å². The zero-order valence-electron chi connectivity index (χ0n) is 12.3. The maximum Gasteiger partial charge on any atom is 0.182 e. The summed E-state index contributed by atoms with van der Waals surface area (Å²) in [6, 6.07) is 13.2. The molecule has 2 aromatic rings. The summed E-state index contributed by atoms with van der Waals surface area (Å²) in [6.07, 6.45) is 0.729. The molecule has 1 saturated carbocycles. The van der Waals surface area contributed by atoms with Gasteiger partial charge in [0.2, 0.25) is 0 Å². The lowest BCUT2D eigenvalue weighted by Crippen LogP contribution is -2.11. The van der Waals surface area contributed by atoms with E-state index < -0.39 is 21.0 Å². The topological polar surface area (TPSA) is 60.4 Å². The molecule has 0 bridgehead atoms. The van der Waals surface area contributed by atoms with Gasteiger partial charge in [-0.2, -0.15) is 0 Å². The molecule has 3 atom stereocenters. The van der Waals surface area contributed by atoms with Crippen LogP contribution >= 0.6 is 11.6 Å². The van der Waals surface area contributed by atoms with E-state index in [1.165, 1.54) is 24.3 Å². The molecular formula is C17H15ClO4S. The van der Waals surface area contributed by atoms with E-state index in [1.807, 2.05) is 0 Å². The van der Waals surface area contributed by atoms with Gasteiger partial charge in [-0.1, -0.05) is 23.7 Å². The molecule has 0 amide bonds. The molecule has 23 heavy (non-hydrogen) atoms. The number of ether oxygens (including phenoxy) is 1. The second-order valence-electron chi connectivity index (χ2n) is 5.48. The number of carbonyl (C=O) groups is 1. The zero-order valence-corrected chi connectivity index (χ0v) is 13.9. The number of aldehydes is 1. The van der Waals surface area contributed by atoms with Crippen LogP contribution in [-0.2, 0) is 14.6 Å². The Kier molecular flexibility index (Phi) is 4.17. The SMILES string of the molecule is COc1ccc([C@@H]2[C@@H](C=O)[C@@H]2S(=O)(=O)c2ccc(Cl)cc2)cc1. The molecule has 0 aliphatic heterocycles. The van der Waals surface area contributed by atoms with Gasteiger partial charge in [0.25, 0.3) is 0 Å². The third-order valence-electron chi connectivity index (χ3n) is 4.17. The summed E-state index contributed by atoms with van der Waals surface area (Å²) in [7, 11) is -2.01. The number of methoxy groups -OCH3 is 1. The van der Waals surface area contributed by atoms with Crippen LogP contribution in [0.1, 0.15) is 11.5 Å². The van der Waals surface area contributed by atoms with Crippen molar-refractivity contribution in [2.45, 2.75) is 16.1 Å². The summed E-state index contributed by atoms with van der Waals surface area (Å²) >= 11 is 5.80. The molecule has 0 radical (unpaired) electrons. The third kappa shape index (κ3) is 2.86. The van der Waals surface area contributed by atoms with Gasteiger partial charge in [-0.3, -0.25) is 0 Å². The van der Waals surface area contributed by atoms with E-state index in [4.69, 9.17) is 16.3 Å². The van der Waals surface area contributed by atoms with E-state index in [0.29, 0.717) is 10.8 Å². The van der Waals surface area contributed by atoms with Crippen molar-refractivity contribution in [3.05, 3.63) is 59.1 Å². The quantitative estimate of drug-likeness (QED) is 0.777. The fourth-order valence-electron chi connectivity index (χ4n) is 2.89. The Labute approximate surface area is 140 Å². The minimum Gasteiger partial charge on any atom is -0.497 e. The van der Waals surface area contributed by atoms with Crippen LogP contribution in [0.25, 0.3) is 0 Å². The smallest absolute Gasteiger partial charge is 0.182 e. The average Bonchev–Trinajstić information content (AvgIpc) is 3.31. The third-order valence-corrected chi connectivity index (χ3v) is 6.67. The predicted octanol–water partition coefficient (Wildman–Crippen LogP) is 3.10. The molecule has 2 aromatic carbocycles. The van der Waals surface area contributed by atoms with E-state index in [1.54, 1.807) is 31.4 Å². The highest BCUT2D eigenvalue weighted by Gasteiger charge is 2.59. The number of hydrogen-bond acceptors (Lipinski definition) is 4. The van der Waals surface area contributed by atoms with E-state index in [2.05, 4.69) is 0 Å². The van der Waals surface area contributed by atoms with Gasteiger partial charge in [0.15, 0.2) is 9.84 Å². The minimum absolute atomic E-state index is 0.190. The van der Waals surface area contributed by atoms with Crippen LogP contribution in [-0.4, -0.2) is 27.1 Å². The van der Waals surface area contributed by atoms with Crippen molar-refractivity contribution in [2.75, 3.05) is 7.11 Å². The largest absolute Gasteiger partial charge is 0.497 e. The van der Waals surface area contributed by atoms with E-state index in [-0.39, 0.29) is 10.8 Å². The second-order valence-corrected chi connectivity index (χ2v) is 8.02. The van der Waals surface area contributed by atoms with Crippen LogP contribution in [0.3, 0.4) is 0 Å². The number of hydrogen-bond donors (Lipinski definition) is 0. The summed E-state index contributed by atoms with van der Waals surface area (Å²) in [6.45, 7) is 0. The molecule has 3 rings (SSSR count). The van der Waals surface area contributed by atoms with Crippen LogP contribution in [0.15, 0.2) is 53.4 Å². The molecule has 120 valence electrons.